The molecular formula is C10H18N2O8S. The molecule has 5 atom stereocenters. The van der Waals surface area contributed by atoms with E-state index in [4.69, 9.17) is 20.7 Å². The normalized spacial score (nSPS) is 29.2. The Morgan fingerprint density at radius 2 is 2.10 bits per heavy atom. The maximum atomic E-state index is 11.3. The van der Waals surface area contributed by atoms with Crippen molar-refractivity contribution in [3.8, 4) is 0 Å². The first-order valence-electron chi connectivity index (χ1n) is 5.88. The molecule has 0 unspecified atom stereocenters. The molecule has 10 nitrogen and oxygen atoms in total. The Morgan fingerprint density at radius 3 is 2.52 bits per heavy atom. The first kappa shape index (κ1) is 17.8. The van der Waals surface area contributed by atoms with Crippen LogP contribution in [0.2, 0.25) is 0 Å². The van der Waals surface area contributed by atoms with Crippen LogP contribution in [-0.2, 0) is 19.6 Å². The number of aliphatic hydroxyl groups is 3. The number of sulfonamides is 1. The lowest BCUT2D eigenvalue weighted by Gasteiger charge is -2.38. The molecule has 0 amide bonds. The minimum Gasteiger partial charge on any atom is -0.479 e. The van der Waals surface area contributed by atoms with Crippen molar-refractivity contribution in [2.24, 2.45) is 5.73 Å². The van der Waals surface area contributed by atoms with Gasteiger partial charge in [0.2, 0.25) is 15.8 Å². The lowest BCUT2D eigenvalue weighted by molar-refractivity contribution is -0.144. The molecule has 1 aliphatic heterocycles. The van der Waals surface area contributed by atoms with Gasteiger partial charge < -0.3 is 30.9 Å². The fraction of sp³-hybridized carbons (Fsp3) is 0.700. The summed E-state index contributed by atoms with van der Waals surface area (Å²) in [6, 6.07) is -2.32. The number of aliphatic hydroxyl groups excluding tert-OH is 3. The Balaban J connectivity index is 3.13. The van der Waals surface area contributed by atoms with Crippen molar-refractivity contribution in [1.29, 1.82) is 0 Å². The molecule has 0 aromatic carbocycles. The molecular weight excluding hydrogens is 308 g/mol. The predicted molar refractivity (Wildman–Crippen MR) is 69.4 cm³/mol. The van der Waals surface area contributed by atoms with Gasteiger partial charge in [0.15, 0.2) is 0 Å². The van der Waals surface area contributed by atoms with Crippen molar-refractivity contribution in [1.82, 2.24) is 4.72 Å². The molecule has 0 saturated heterocycles. The molecule has 1 aliphatic rings. The zero-order chi connectivity index (χ0) is 16.4. The summed E-state index contributed by atoms with van der Waals surface area (Å²) in [5.41, 5.74) is 5.68. The van der Waals surface area contributed by atoms with E-state index in [1.54, 1.807) is 0 Å². The number of carbonyl (C=O) groups is 1. The Bertz CT molecular complexity index is 519. The van der Waals surface area contributed by atoms with E-state index in [0.29, 0.717) is 0 Å². The highest BCUT2D eigenvalue weighted by atomic mass is 32.2. The van der Waals surface area contributed by atoms with Crippen LogP contribution in [0.5, 0.6) is 0 Å². The summed E-state index contributed by atoms with van der Waals surface area (Å²) in [7, 11) is -3.74. The van der Waals surface area contributed by atoms with Gasteiger partial charge >= 0.3 is 5.97 Å². The van der Waals surface area contributed by atoms with Crippen LogP contribution in [0.4, 0.5) is 0 Å². The number of aliphatic carboxylic acids is 1. The third kappa shape index (κ3) is 4.62. The van der Waals surface area contributed by atoms with Gasteiger partial charge in [0.1, 0.15) is 18.3 Å². The number of rotatable bonds is 6. The van der Waals surface area contributed by atoms with E-state index in [1.165, 1.54) is 0 Å². The van der Waals surface area contributed by atoms with Crippen LogP contribution in [0.3, 0.4) is 0 Å². The zero-order valence-corrected chi connectivity index (χ0v) is 11.9. The number of hydrogen-bond acceptors (Lipinski definition) is 8. The second-order valence-electron chi connectivity index (χ2n) is 4.65. The summed E-state index contributed by atoms with van der Waals surface area (Å²) in [6.45, 7) is -0.825. The van der Waals surface area contributed by atoms with Gasteiger partial charge in [-0.05, 0) is 6.08 Å². The number of carboxylic acid groups (broad SMARTS) is 1. The van der Waals surface area contributed by atoms with Crippen molar-refractivity contribution in [2.75, 3.05) is 12.9 Å². The lowest BCUT2D eigenvalue weighted by Crippen LogP contribution is -2.62. The summed E-state index contributed by atoms with van der Waals surface area (Å²) < 4.78 is 29.7. The Hall–Kier alpha value is -1.24. The van der Waals surface area contributed by atoms with Crippen molar-refractivity contribution < 1.29 is 38.4 Å². The van der Waals surface area contributed by atoms with E-state index in [2.05, 4.69) is 4.72 Å². The molecule has 0 saturated carbocycles. The van der Waals surface area contributed by atoms with Gasteiger partial charge in [-0.2, -0.15) is 0 Å². The second-order valence-corrected chi connectivity index (χ2v) is 6.43. The Labute approximate surface area is 120 Å². The van der Waals surface area contributed by atoms with Gasteiger partial charge in [-0.15, -0.1) is 0 Å². The van der Waals surface area contributed by atoms with Gasteiger partial charge in [0.25, 0.3) is 0 Å². The Kier molecular flexibility index (Phi) is 5.67. The van der Waals surface area contributed by atoms with Crippen molar-refractivity contribution in [2.45, 2.75) is 30.4 Å². The van der Waals surface area contributed by atoms with Gasteiger partial charge in [-0.1, -0.05) is 0 Å². The largest absolute Gasteiger partial charge is 0.479 e. The molecule has 7 N–H and O–H groups in total. The van der Waals surface area contributed by atoms with E-state index in [9.17, 15) is 23.4 Å². The first-order valence-corrected chi connectivity index (χ1v) is 7.77. The van der Waals surface area contributed by atoms with E-state index >= 15 is 0 Å². The molecule has 0 aliphatic carbocycles. The molecule has 0 spiro atoms. The van der Waals surface area contributed by atoms with Crippen LogP contribution in [0.25, 0.3) is 0 Å². The Morgan fingerprint density at radius 1 is 1.52 bits per heavy atom. The molecule has 0 bridgehead atoms. The van der Waals surface area contributed by atoms with Gasteiger partial charge in [0.05, 0.1) is 18.9 Å². The molecule has 122 valence electrons. The molecule has 21 heavy (non-hydrogen) atoms. The standard InChI is InChI=1S/C10H18N2O8S/c1-21(18,19)12-7-4(11)2-6(10(16)17)20-9(7)8(15)5(14)3-13/h2,4-5,7-9,12-15H,3,11H2,1H3,(H,16,17)/t4-,5+,7+,8-,9+/m0/s1. The van der Waals surface area contributed by atoms with Crippen molar-refractivity contribution >= 4 is 16.0 Å². The lowest BCUT2D eigenvalue weighted by atomic mass is 9.93. The topological polar surface area (TPSA) is 179 Å². The number of ether oxygens (including phenoxy) is 1. The summed E-state index contributed by atoms with van der Waals surface area (Å²) in [5.74, 6) is -2.04. The molecule has 1 heterocycles. The number of nitrogens with one attached hydrogen (secondary N) is 1. The van der Waals surface area contributed by atoms with Crippen molar-refractivity contribution in [3.63, 3.8) is 0 Å². The second kappa shape index (κ2) is 6.68. The van der Waals surface area contributed by atoms with Gasteiger partial charge in [-0.25, -0.2) is 17.9 Å². The van der Waals surface area contributed by atoms with Crippen LogP contribution in [-0.4, -0.2) is 78.1 Å². The van der Waals surface area contributed by atoms with Crippen LogP contribution in [0, 0.1) is 0 Å². The molecule has 0 aromatic rings. The quantitative estimate of drug-likeness (QED) is 0.286. The zero-order valence-electron chi connectivity index (χ0n) is 11.1. The molecule has 0 aromatic heterocycles. The average Bonchev–Trinajstić information content (AvgIpc) is 2.37. The third-order valence-corrected chi connectivity index (χ3v) is 3.55. The summed E-state index contributed by atoms with van der Waals surface area (Å²) in [5, 5.41) is 37.0. The SMILES string of the molecule is CS(=O)(=O)N[C@H]1[C@H]([C@@H](O)[C@H](O)CO)OC(C(=O)O)=C[C@@H]1N. The predicted octanol–water partition coefficient (Wildman–Crippen LogP) is -3.69. The smallest absolute Gasteiger partial charge is 0.370 e. The van der Waals surface area contributed by atoms with Gasteiger partial charge in [0, 0.05) is 6.04 Å². The summed E-state index contributed by atoms with van der Waals surface area (Å²) in [6.07, 6.45) is -3.04. The van der Waals surface area contributed by atoms with Crippen LogP contribution in [0.1, 0.15) is 0 Å². The third-order valence-electron chi connectivity index (χ3n) is 2.85. The summed E-state index contributed by atoms with van der Waals surface area (Å²) in [4.78, 5) is 10.9. The van der Waals surface area contributed by atoms with E-state index < -0.39 is 58.8 Å². The highest BCUT2D eigenvalue weighted by Crippen LogP contribution is 2.22. The minimum absolute atomic E-state index is 0.580. The monoisotopic (exact) mass is 326 g/mol. The van der Waals surface area contributed by atoms with E-state index in [0.717, 1.165) is 12.3 Å². The molecule has 1 rings (SSSR count). The van der Waals surface area contributed by atoms with Crippen LogP contribution < -0.4 is 10.5 Å². The fourth-order valence-corrected chi connectivity index (χ4v) is 2.67. The summed E-state index contributed by atoms with van der Waals surface area (Å²) >= 11 is 0. The average molecular weight is 326 g/mol. The number of nitrogens with two attached hydrogens (primary N) is 1. The highest BCUT2D eigenvalue weighted by molar-refractivity contribution is 7.88. The van der Waals surface area contributed by atoms with E-state index in [-0.39, 0.29) is 0 Å². The van der Waals surface area contributed by atoms with E-state index in [1.807, 2.05) is 0 Å². The molecule has 0 radical (unpaired) electrons. The minimum atomic E-state index is -3.74. The fourth-order valence-electron chi connectivity index (χ4n) is 1.88. The number of hydrogen-bond donors (Lipinski definition) is 6. The maximum absolute atomic E-state index is 11.3. The first-order chi connectivity index (χ1) is 9.56. The van der Waals surface area contributed by atoms with Gasteiger partial charge in [-0.3, -0.25) is 0 Å². The highest BCUT2D eigenvalue weighted by Gasteiger charge is 2.43. The molecule has 0 fully saturated rings. The maximum Gasteiger partial charge on any atom is 0.370 e. The van der Waals surface area contributed by atoms with Crippen LogP contribution in [0.15, 0.2) is 11.8 Å². The molecule has 11 heteroatoms. The van der Waals surface area contributed by atoms with Crippen LogP contribution >= 0.6 is 0 Å². The van der Waals surface area contributed by atoms with Crippen molar-refractivity contribution in [3.05, 3.63) is 11.8 Å². The number of carboxylic acids is 1.